The number of nitrogens with one attached hydrogen (secondary N) is 1. The molecule has 86 valence electrons. The van der Waals surface area contributed by atoms with Crippen molar-refractivity contribution in [1.82, 2.24) is 0 Å². The fourth-order valence-corrected chi connectivity index (χ4v) is 1.97. The molecule has 0 aromatic heterocycles. The molecule has 1 aliphatic rings. The molecule has 0 unspecified atom stereocenters. The van der Waals surface area contributed by atoms with E-state index in [9.17, 15) is 4.79 Å². The van der Waals surface area contributed by atoms with E-state index in [0.717, 1.165) is 30.9 Å². The minimum Gasteiger partial charge on any atom is -0.465 e. The molecule has 0 saturated carbocycles. The molecule has 1 aromatic rings. The Balaban J connectivity index is 2.48. The maximum atomic E-state index is 11.6. The predicted octanol–water partition coefficient (Wildman–Crippen LogP) is 1.72. The zero-order valence-electron chi connectivity index (χ0n) is 9.62. The van der Waals surface area contributed by atoms with E-state index in [0.29, 0.717) is 5.56 Å². The summed E-state index contributed by atoms with van der Waals surface area (Å²) in [6, 6.07) is 5.69. The molecular weight excluding hydrogens is 204 g/mol. The Morgan fingerprint density at radius 3 is 3.06 bits per heavy atom. The van der Waals surface area contributed by atoms with Crippen molar-refractivity contribution in [2.75, 3.05) is 37.5 Å². The zero-order chi connectivity index (χ0) is 11.5. The van der Waals surface area contributed by atoms with Crippen LogP contribution in [-0.2, 0) is 4.74 Å². The van der Waals surface area contributed by atoms with Crippen LogP contribution in [0.1, 0.15) is 16.8 Å². The third-order valence-corrected chi connectivity index (χ3v) is 2.83. The summed E-state index contributed by atoms with van der Waals surface area (Å²) in [5.41, 5.74) is 2.54. The molecule has 1 aromatic carbocycles. The molecule has 0 spiro atoms. The molecule has 4 nitrogen and oxygen atoms in total. The van der Waals surface area contributed by atoms with Gasteiger partial charge in [-0.15, -0.1) is 0 Å². The van der Waals surface area contributed by atoms with Crippen LogP contribution in [0.4, 0.5) is 11.4 Å². The van der Waals surface area contributed by atoms with Gasteiger partial charge >= 0.3 is 5.97 Å². The van der Waals surface area contributed by atoms with Crippen LogP contribution in [0.15, 0.2) is 18.2 Å². The Labute approximate surface area is 95.2 Å². The summed E-state index contributed by atoms with van der Waals surface area (Å²) in [5, 5.41) is 3.30. The van der Waals surface area contributed by atoms with Gasteiger partial charge in [0.05, 0.1) is 24.0 Å². The van der Waals surface area contributed by atoms with Crippen molar-refractivity contribution in [3.63, 3.8) is 0 Å². The molecule has 0 fully saturated rings. The highest BCUT2D eigenvalue weighted by Gasteiger charge is 2.18. The molecule has 16 heavy (non-hydrogen) atoms. The number of esters is 1. The highest BCUT2D eigenvalue weighted by Crippen LogP contribution is 2.31. The number of nitrogens with zero attached hydrogens (tertiary/aromatic N) is 1. The van der Waals surface area contributed by atoms with Gasteiger partial charge in [-0.1, -0.05) is 6.07 Å². The van der Waals surface area contributed by atoms with Gasteiger partial charge in [0.2, 0.25) is 0 Å². The second-order valence-corrected chi connectivity index (χ2v) is 3.89. The van der Waals surface area contributed by atoms with Crippen LogP contribution < -0.4 is 10.2 Å². The van der Waals surface area contributed by atoms with Gasteiger partial charge < -0.3 is 15.0 Å². The van der Waals surface area contributed by atoms with Crippen LogP contribution in [-0.4, -0.2) is 33.2 Å². The Morgan fingerprint density at radius 2 is 2.31 bits per heavy atom. The van der Waals surface area contributed by atoms with Gasteiger partial charge in [-0.2, -0.15) is 0 Å². The van der Waals surface area contributed by atoms with E-state index in [4.69, 9.17) is 4.74 Å². The lowest BCUT2D eigenvalue weighted by atomic mass is 10.1. The van der Waals surface area contributed by atoms with E-state index in [2.05, 4.69) is 10.2 Å². The minimum absolute atomic E-state index is 0.292. The average molecular weight is 220 g/mol. The van der Waals surface area contributed by atoms with Crippen LogP contribution in [0.25, 0.3) is 0 Å². The van der Waals surface area contributed by atoms with E-state index < -0.39 is 0 Å². The van der Waals surface area contributed by atoms with Crippen LogP contribution in [0.2, 0.25) is 0 Å². The minimum atomic E-state index is -0.292. The summed E-state index contributed by atoms with van der Waals surface area (Å²) in [7, 11) is 3.44. The van der Waals surface area contributed by atoms with Gasteiger partial charge in [0.15, 0.2) is 0 Å². The summed E-state index contributed by atoms with van der Waals surface area (Å²) in [4.78, 5) is 13.8. The second kappa shape index (κ2) is 4.43. The van der Waals surface area contributed by atoms with E-state index in [1.54, 1.807) is 6.07 Å². The summed E-state index contributed by atoms with van der Waals surface area (Å²) in [5.74, 6) is -0.292. The van der Waals surface area contributed by atoms with Crippen molar-refractivity contribution in [3.05, 3.63) is 23.8 Å². The van der Waals surface area contributed by atoms with Crippen molar-refractivity contribution in [2.45, 2.75) is 6.42 Å². The summed E-state index contributed by atoms with van der Waals surface area (Å²) in [6.45, 7) is 1.87. The number of rotatable bonds is 1. The second-order valence-electron chi connectivity index (χ2n) is 3.89. The van der Waals surface area contributed by atoms with E-state index in [-0.39, 0.29) is 5.97 Å². The summed E-state index contributed by atoms with van der Waals surface area (Å²) in [6.07, 6.45) is 1.06. The van der Waals surface area contributed by atoms with Gasteiger partial charge in [-0.3, -0.25) is 0 Å². The third kappa shape index (κ3) is 1.83. The normalized spacial score (nSPS) is 14.8. The van der Waals surface area contributed by atoms with Gasteiger partial charge in [0.1, 0.15) is 0 Å². The molecule has 2 rings (SSSR count). The van der Waals surface area contributed by atoms with Gasteiger partial charge in [0, 0.05) is 20.1 Å². The Bertz CT molecular complexity index is 404. The molecule has 1 N–H and O–H groups in total. The highest BCUT2D eigenvalue weighted by molar-refractivity contribution is 5.99. The van der Waals surface area contributed by atoms with Gasteiger partial charge in [-0.05, 0) is 18.6 Å². The number of hydrogen-bond acceptors (Lipinski definition) is 4. The number of para-hydroxylation sites is 1. The topological polar surface area (TPSA) is 41.6 Å². The molecule has 0 aliphatic carbocycles. The molecule has 4 heteroatoms. The molecule has 0 saturated heterocycles. The van der Waals surface area contributed by atoms with Crippen molar-refractivity contribution in [2.24, 2.45) is 0 Å². The molecular formula is C12H16N2O2. The molecule has 0 radical (unpaired) electrons. The Hall–Kier alpha value is -1.71. The number of benzene rings is 1. The fourth-order valence-electron chi connectivity index (χ4n) is 1.97. The lowest BCUT2D eigenvalue weighted by Crippen LogP contribution is -2.17. The number of hydrogen-bond donors (Lipinski definition) is 1. The average Bonchev–Trinajstić information content (AvgIpc) is 2.50. The number of carbonyl (C=O) groups is 1. The SMILES string of the molecule is COC(=O)c1cccc2c1NCCCN2C. The van der Waals surface area contributed by atoms with E-state index in [1.807, 2.05) is 19.2 Å². The quantitative estimate of drug-likeness (QED) is 0.732. The largest absolute Gasteiger partial charge is 0.465 e. The smallest absolute Gasteiger partial charge is 0.340 e. The van der Waals surface area contributed by atoms with E-state index >= 15 is 0 Å². The first-order chi connectivity index (χ1) is 7.74. The van der Waals surface area contributed by atoms with E-state index in [1.165, 1.54) is 7.11 Å². The first-order valence-electron chi connectivity index (χ1n) is 5.40. The van der Waals surface area contributed by atoms with Gasteiger partial charge in [0.25, 0.3) is 0 Å². The zero-order valence-corrected chi connectivity index (χ0v) is 9.62. The molecule has 1 heterocycles. The van der Waals surface area contributed by atoms with Crippen molar-refractivity contribution in [3.8, 4) is 0 Å². The van der Waals surface area contributed by atoms with Crippen molar-refractivity contribution < 1.29 is 9.53 Å². The standard InChI is InChI=1S/C12H16N2O2/c1-14-8-4-7-13-11-9(12(15)16-2)5-3-6-10(11)14/h3,5-6,13H,4,7-8H2,1-2H3. The number of fused-ring (bicyclic) bond motifs is 1. The lowest BCUT2D eigenvalue weighted by molar-refractivity contribution is 0.0602. The van der Waals surface area contributed by atoms with Crippen molar-refractivity contribution >= 4 is 17.3 Å². The van der Waals surface area contributed by atoms with Crippen LogP contribution >= 0.6 is 0 Å². The maximum absolute atomic E-state index is 11.6. The fraction of sp³-hybridized carbons (Fsp3) is 0.417. The molecule has 1 aliphatic heterocycles. The number of anilines is 2. The van der Waals surface area contributed by atoms with Crippen LogP contribution in [0.3, 0.4) is 0 Å². The van der Waals surface area contributed by atoms with Crippen LogP contribution in [0.5, 0.6) is 0 Å². The third-order valence-electron chi connectivity index (χ3n) is 2.83. The first-order valence-corrected chi connectivity index (χ1v) is 5.40. The first kappa shape index (κ1) is 10.8. The number of methoxy groups -OCH3 is 1. The highest BCUT2D eigenvalue weighted by atomic mass is 16.5. The number of ether oxygens (including phenoxy) is 1. The molecule has 0 atom stereocenters. The van der Waals surface area contributed by atoms with Gasteiger partial charge in [-0.25, -0.2) is 4.79 Å². The number of carbonyl (C=O) groups excluding carboxylic acids is 1. The van der Waals surface area contributed by atoms with Crippen LogP contribution in [0, 0.1) is 0 Å². The summed E-state index contributed by atoms with van der Waals surface area (Å²) >= 11 is 0. The predicted molar refractivity (Wildman–Crippen MR) is 64.2 cm³/mol. The maximum Gasteiger partial charge on any atom is 0.340 e. The summed E-state index contributed by atoms with van der Waals surface area (Å²) < 4.78 is 4.78. The Kier molecular flexibility index (Phi) is 2.99. The monoisotopic (exact) mass is 220 g/mol. The van der Waals surface area contributed by atoms with Crippen molar-refractivity contribution in [1.29, 1.82) is 0 Å². The molecule has 0 amide bonds. The Morgan fingerprint density at radius 1 is 1.50 bits per heavy atom. The molecule has 0 bridgehead atoms. The lowest BCUT2D eigenvalue weighted by Gasteiger charge is -2.19.